The minimum absolute atomic E-state index is 0. The van der Waals surface area contributed by atoms with Crippen LogP contribution in [0.25, 0.3) is 0 Å². The molecule has 1 heterocycles. The SMILES string of the molecule is Br.C=CCN1CC[C@](C)(c2cccc(OC)c2)[C@@H](C)C1. The van der Waals surface area contributed by atoms with Crippen LogP contribution in [0.1, 0.15) is 25.8 Å². The van der Waals surface area contributed by atoms with Crippen molar-refractivity contribution in [1.29, 1.82) is 0 Å². The summed E-state index contributed by atoms with van der Waals surface area (Å²) >= 11 is 0. The summed E-state index contributed by atoms with van der Waals surface area (Å²) in [5, 5.41) is 0. The second kappa shape index (κ2) is 7.28. The smallest absolute Gasteiger partial charge is 0.119 e. The van der Waals surface area contributed by atoms with Crippen LogP contribution in [-0.4, -0.2) is 31.6 Å². The first-order valence-corrected chi connectivity index (χ1v) is 7.08. The Hall–Kier alpha value is -0.800. The molecule has 0 saturated carbocycles. The largest absolute Gasteiger partial charge is 0.497 e. The number of hydrogen-bond donors (Lipinski definition) is 0. The van der Waals surface area contributed by atoms with Gasteiger partial charge in [-0.25, -0.2) is 0 Å². The van der Waals surface area contributed by atoms with Gasteiger partial charge in [-0.3, -0.25) is 4.90 Å². The van der Waals surface area contributed by atoms with Gasteiger partial charge in [0.1, 0.15) is 5.75 Å². The molecule has 3 heteroatoms. The molecule has 2 atom stereocenters. The van der Waals surface area contributed by atoms with Gasteiger partial charge in [-0.1, -0.05) is 32.1 Å². The number of benzene rings is 1. The Morgan fingerprint density at radius 1 is 1.50 bits per heavy atom. The summed E-state index contributed by atoms with van der Waals surface area (Å²) in [6.07, 6.45) is 3.19. The molecular formula is C17H26BrNO. The number of halogens is 1. The summed E-state index contributed by atoms with van der Waals surface area (Å²) in [7, 11) is 1.73. The lowest BCUT2D eigenvalue weighted by atomic mass is 9.68. The predicted octanol–water partition coefficient (Wildman–Crippen LogP) is 4.06. The fraction of sp³-hybridized carbons (Fsp3) is 0.529. The van der Waals surface area contributed by atoms with Crippen molar-refractivity contribution in [2.45, 2.75) is 25.7 Å². The third-order valence-electron chi connectivity index (χ3n) is 4.68. The number of likely N-dealkylation sites (tertiary alicyclic amines) is 1. The number of nitrogens with zero attached hydrogens (tertiary/aromatic N) is 1. The Bertz CT molecular complexity index is 448. The highest BCUT2D eigenvalue weighted by Crippen LogP contribution is 2.40. The van der Waals surface area contributed by atoms with E-state index < -0.39 is 0 Å². The summed E-state index contributed by atoms with van der Waals surface area (Å²) in [4.78, 5) is 2.49. The molecule has 0 unspecified atom stereocenters. The summed E-state index contributed by atoms with van der Waals surface area (Å²) < 4.78 is 5.36. The van der Waals surface area contributed by atoms with Crippen LogP contribution in [0.4, 0.5) is 0 Å². The Labute approximate surface area is 133 Å². The molecule has 0 radical (unpaired) electrons. The third-order valence-corrected chi connectivity index (χ3v) is 4.68. The van der Waals surface area contributed by atoms with E-state index in [1.54, 1.807) is 7.11 Å². The number of methoxy groups -OCH3 is 1. The van der Waals surface area contributed by atoms with Gasteiger partial charge in [0.15, 0.2) is 0 Å². The zero-order chi connectivity index (χ0) is 13.9. The second-order valence-electron chi connectivity index (χ2n) is 5.85. The van der Waals surface area contributed by atoms with Gasteiger partial charge >= 0.3 is 0 Å². The maximum Gasteiger partial charge on any atom is 0.119 e. The van der Waals surface area contributed by atoms with Crippen molar-refractivity contribution >= 4 is 17.0 Å². The van der Waals surface area contributed by atoms with Gasteiger partial charge in [-0.2, -0.15) is 0 Å². The summed E-state index contributed by atoms with van der Waals surface area (Å²) in [5.41, 5.74) is 1.64. The normalized spacial score (nSPS) is 26.6. The Morgan fingerprint density at radius 3 is 2.85 bits per heavy atom. The molecule has 1 aromatic carbocycles. The van der Waals surface area contributed by atoms with Crippen LogP contribution >= 0.6 is 17.0 Å². The van der Waals surface area contributed by atoms with Crippen molar-refractivity contribution in [3.63, 3.8) is 0 Å². The molecular weight excluding hydrogens is 314 g/mol. The lowest BCUT2D eigenvalue weighted by molar-refractivity contribution is 0.121. The topological polar surface area (TPSA) is 12.5 Å². The Kier molecular flexibility index (Phi) is 6.28. The van der Waals surface area contributed by atoms with Gasteiger partial charge in [-0.05, 0) is 42.0 Å². The molecule has 0 aliphatic carbocycles. The highest BCUT2D eigenvalue weighted by molar-refractivity contribution is 8.93. The van der Waals surface area contributed by atoms with Crippen LogP contribution in [0.15, 0.2) is 36.9 Å². The standard InChI is InChI=1S/C17H25NO.BrH/c1-5-10-18-11-9-17(3,14(2)13-18)15-7-6-8-16(12-15)19-4;/h5-8,12,14H,1,9-11,13H2,2-4H3;1H/t14-,17-;/m0./s1. The molecule has 0 amide bonds. The van der Waals surface area contributed by atoms with E-state index >= 15 is 0 Å². The van der Waals surface area contributed by atoms with E-state index in [1.807, 2.05) is 12.1 Å². The van der Waals surface area contributed by atoms with E-state index in [0.29, 0.717) is 5.92 Å². The van der Waals surface area contributed by atoms with Crippen molar-refractivity contribution in [1.82, 2.24) is 4.90 Å². The first-order chi connectivity index (χ1) is 9.10. The van der Waals surface area contributed by atoms with Crippen LogP contribution < -0.4 is 4.74 Å². The van der Waals surface area contributed by atoms with Crippen LogP contribution in [0.5, 0.6) is 5.75 Å². The van der Waals surface area contributed by atoms with Crippen molar-refractivity contribution in [2.75, 3.05) is 26.7 Å². The van der Waals surface area contributed by atoms with Gasteiger partial charge < -0.3 is 4.74 Å². The molecule has 0 spiro atoms. The number of hydrogen-bond acceptors (Lipinski definition) is 2. The predicted molar refractivity (Wildman–Crippen MR) is 91.1 cm³/mol. The van der Waals surface area contributed by atoms with Gasteiger partial charge in [0.2, 0.25) is 0 Å². The van der Waals surface area contributed by atoms with E-state index in [2.05, 4.69) is 43.5 Å². The van der Waals surface area contributed by atoms with Crippen LogP contribution in [-0.2, 0) is 5.41 Å². The average molecular weight is 340 g/mol. The second-order valence-corrected chi connectivity index (χ2v) is 5.85. The molecule has 20 heavy (non-hydrogen) atoms. The fourth-order valence-electron chi connectivity index (χ4n) is 3.07. The van der Waals surface area contributed by atoms with Crippen molar-refractivity contribution in [3.8, 4) is 5.75 Å². The zero-order valence-electron chi connectivity index (χ0n) is 12.8. The first-order valence-electron chi connectivity index (χ1n) is 7.08. The lowest BCUT2D eigenvalue weighted by Gasteiger charge is -2.45. The molecule has 0 N–H and O–H groups in total. The van der Waals surface area contributed by atoms with Crippen LogP contribution in [0, 0.1) is 5.92 Å². The minimum atomic E-state index is 0. The number of piperidine rings is 1. The van der Waals surface area contributed by atoms with Crippen LogP contribution in [0.2, 0.25) is 0 Å². The molecule has 2 rings (SSSR count). The number of ether oxygens (including phenoxy) is 1. The highest BCUT2D eigenvalue weighted by Gasteiger charge is 2.37. The lowest BCUT2D eigenvalue weighted by Crippen LogP contribution is -2.47. The van der Waals surface area contributed by atoms with Gasteiger partial charge in [-0.15, -0.1) is 23.6 Å². The van der Waals surface area contributed by atoms with E-state index in [-0.39, 0.29) is 22.4 Å². The molecule has 1 fully saturated rings. The van der Waals surface area contributed by atoms with E-state index in [9.17, 15) is 0 Å². The molecule has 112 valence electrons. The van der Waals surface area contributed by atoms with E-state index in [4.69, 9.17) is 4.74 Å². The Balaban J connectivity index is 0.00000200. The third kappa shape index (κ3) is 3.44. The summed E-state index contributed by atoms with van der Waals surface area (Å²) in [5.74, 6) is 1.59. The minimum Gasteiger partial charge on any atom is -0.497 e. The molecule has 2 nitrogen and oxygen atoms in total. The van der Waals surface area contributed by atoms with Crippen molar-refractivity contribution in [2.24, 2.45) is 5.92 Å². The number of rotatable bonds is 4. The quantitative estimate of drug-likeness (QED) is 0.767. The highest BCUT2D eigenvalue weighted by atomic mass is 79.9. The maximum atomic E-state index is 5.36. The molecule has 0 aromatic heterocycles. The maximum absolute atomic E-state index is 5.36. The summed E-state index contributed by atoms with van der Waals surface area (Å²) in [6.45, 7) is 11.9. The van der Waals surface area contributed by atoms with Crippen molar-refractivity contribution < 1.29 is 4.74 Å². The first kappa shape index (κ1) is 17.3. The zero-order valence-corrected chi connectivity index (χ0v) is 14.5. The average Bonchev–Trinajstić information content (AvgIpc) is 2.43. The molecule has 0 bridgehead atoms. The Morgan fingerprint density at radius 2 is 2.25 bits per heavy atom. The molecule has 1 aliphatic rings. The van der Waals surface area contributed by atoms with Gasteiger partial charge in [0.05, 0.1) is 7.11 Å². The van der Waals surface area contributed by atoms with Crippen molar-refractivity contribution in [3.05, 3.63) is 42.5 Å². The van der Waals surface area contributed by atoms with Crippen LogP contribution in [0.3, 0.4) is 0 Å². The molecule has 1 aromatic rings. The van der Waals surface area contributed by atoms with Gasteiger partial charge in [0, 0.05) is 13.1 Å². The van der Waals surface area contributed by atoms with E-state index in [1.165, 1.54) is 12.0 Å². The molecule has 1 saturated heterocycles. The monoisotopic (exact) mass is 339 g/mol. The fourth-order valence-corrected chi connectivity index (χ4v) is 3.07. The van der Waals surface area contributed by atoms with E-state index in [0.717, 1.165) is 25.4 Å². The summed E-state index contributed by atoms with van der Waals surface area (Å²) in [6, 6.07) is 8.55. The molecule has 1 aliphatic heterocycles. The van der Waals surface area contributed by atoms with Gasteiger partial charge in [0.25, 0.3) is 0 Å².